The predicted octanol–water partition coefficient (Wildman–Crippen LogP) is 2.37. The Hall–Kier alpha value is -1.70. The molecule has 0 fully saturated rings. The maximum atomic E-state index is 5.72. The number of nitrogen functional groups attached to an aromatic ring is 1. The first kappa shape index (κ1) is 7.92. The van der Waals surface area contributed by atoms with Crippen LogP contribution >= 0.6 is 0 Å². The van der Waals surface area contributed by atoms with E-state index in [1.807, 2.05) is 42.7 Å². The second-order valence-corrected chi connectivity index (χ2v) is 3.14. The molecule has 0 aliphatic heterocycles. The molecule has 2 N–H and O–H groups in total. The lowest BCUT2D eigenvalue weighted by molar-refractivity contribution is 1.06. The molecule has 0 spiro atoms. The zero-order valence-electron chi connectivity index (χ0n) is 7.57. The molecule has 0 saturated heterocycles. The normalized spacial score (nSPS) is 10.2. The van der Waals surface area contributed by atoms with E-state index in [1.165, 1.54) is 5.56 Å². The molecule has 0 unspecified atom stereocenters. The molecule has 1 aromatic carbocycles. The van der Waals surface area contributed by atoms with Gasteiger partial charge in [-0.15, -0.1) is 0 Å². The SMILES string of the molecule is Cc1ccc(N)cc1-n1cccc1. The van der Waals surface area contributed by atoms with E-state index in [4.69, 9.17) is 5.73 Å². The van der Waals surface area contributed by atoms with E-state index in [9.17, 15) is 0 Å². The highest BCUT2D eigenvalue weighted by Gasteiger charge is 1.99. The van der Waals surface area contributed by atoms with Gasteiger partial charge in [-0.05, 0) is 36.8 Å². The van der Waals surface area contributed by atoms with Gasteiger partial charge in [0.05, 0.1) is 0 Å². The molecule has 0 aliphatic carbocycles. The van der Waals surface area contributed by atoms with Crippen molar-refractivity contribution in [3.8, 4) is 5.69 Å². The van der Waals surface area contributed by atoms with Gasteiger partial charge in [-0.3, -0.25) is 0 Å². The number of anilines is 1. The summed E-state index contributed by atoms with van der Waals surface area (Å²) < 4.78 is 2.06. The van der Waals surface area contributed by atoms with Gasteiger partial charge < -0.3 is 10.3 Å². The van der Waals surface area contributed by atoms with Gasteiger partial charge in [0.2, 0.25) is 0 Å². The Bertz CT molecular complexity index is 402. The van der Waals surface area contributed by atoms with Crippen LogP contribution in [0.2, 0.25) is 0 Å². The van der Waals surface area contributed by atoms with Gasteiger partial charge in [0.15, 0.2) is 0 Å². The van der Waals surface area contributed by atoms with Crippen molar-refractivity contribution in [1.29, 1.82) is 0 Å². The molecule has 1 aromatic heterocycles. The van der Waals surface area contributed by atoms with Crippen molar-refractivity contribution in [2.24, 2.45) is 0 Å². The Morgan fingerprint density at radius 2 is 1.85 bits per heavy atom. The minimum absolute atomic E-state index is 0.800. The fourth-order valence-electron chi connectivity index (χ4n) is 1.40. The van der Waals surface area contributed by atoms with Crippen molar-refractivity contribution in [2.75, 3.05) is 5.73 Å². The zero-order valence-corrected chi connectivity index (χ0v) is 7.57. The topological polar surface area (TPSA) is 30.9 Å². The number of aryl methyl sites for hydroxylation is 1. The summed E-state index contributed by atoms with van der Waals surface area (Å²) in [5, 5.41) is 0. The van der Waals surface area contributed by atoms with Crippen LogP contribution in [0.5, 0.6) is 0 Å². The maximum Gasteiger partial charge on any atom is 0.0498 e. The standard InChI is InChI=1S/C11H12N2/c1-9-4-5-10(12)8-11(9)13-6-2-3-7-13/h2-8H,12H2,1H3. The summed E-state index contributed by atoms with van der Waals surface area (Å²) in [6.45, 7) is 2.08. The minimum Gasteiger partial charge on any atom is -0.399 e. The van der Waals surface area contributed by atoms with E-state index in [0.29, 0.717) is 0 Å². The van der Waals surface area contributed by atoms with Gasteiger partial charge in [0, 0.05) is 23.8 Å². The van der Waals surface area contributed by atoms with E-state index in [1.54, 1.807) is 0 Å². The number of hydrogen-bond donors (Lipinski definition) is 1. The molecule has 0 bridgehead atoms. The lowest BCUT2D eigenvalue weighted by Gasteiger charge is -2.07. The van der Waals surface area contributed by atoms with Gasteiger partial charge in [-0.25, -0.2) is 0 Å². The summed E-state index contributed by atoms with van der Waals surface area (Å²) in [4.78, 5) is 0. The highest BCUT2D eigenvalue weighted by atomic mass is 14.9. The van der Waals surface area contributed by atoms with Crippen molar-refractivity contribution in [3.05, 3.63) is 48.3 Å². The number of benzene rings is 1. The predicted molar refractivity (Wildman–Crippen MR) is 54.9 cm³/mol. The summed E-state index contributed by atoms with van der Waals surface area (Å²) in [5.74, 6) is 0. The molecule has 1 heterocycles. The summed E-state index contributed by atoms with van der Waals surface area (Å²) >= 11 is 0. The van der Waals surface area contributed by atoms with Crippen LogP contribution in [0.4, 0.5) is 5.69 Å². The highest BCUT2D eigenvalue weighted by Crippen LogP contribution is 2.17. The third-order valence-electron chi connectivity index (χ3n) is 2.12. The molecule has 2 heteroatoms. The molecule has 2 nitrogen and oxygen atoms in total. The monoisotopic (exact) mass is 172 g/mol. The minimum atomic E-state index is 0.800. The van der Waals surface area contributed by atoms with Crippen LogP contribution in [-0.4, -0.2) is 4.57 Å². The molecule has 0 atom stereocenters. The molecular weight excluding hydrogens is 160 g/mol. The lowest BCUT2D eigenvalue weighted by Crippen LogP contribution is -1.95. The second kappa shape index (κ2) is 2.98. The van der Waals surface area contributed by atoms with Crippen LogP contribution in [0, 0.1) is 6.92 Å². The maximum absolute atomic E-state index is 5.72. The Balaban J connectivity index is 2.57. The van der Waals surface area contributed by atoms with Gasteiger partial charge in [-0.2, -0.15) is 0 Å². The molecule has 2 rings (SSSR count). The van der Waals surface area contributed by atoms with Crippen LogP contribution in [0.3, 0.4) is 0 Å². The fraction of sp³-hybridized carbons (Fsp3) is 0.0909. The van der Waals surface area contributed by atoms with Crippen molar-refractivity contribution in [1.82, 2.24) is 4.57 Å². The molecule has 0 saturated carbocycles. The Morgan fingerprint density at radius 1 is 1.15 bits per heavy atom. The average Bonchev–Trinajstić information content (AvgIpc) is 2.61. The molecule has 0 aliphatic rings. The molecule has 13 heavy (non-hydrogen) atoms. The van der Waals surface area contributed by atoms with Gasteiger partial charge in [0.25, 0.3) is 0 Å². The quantitative estimate of drug-likeness (QED) is 0.658. The number of rotatable bonds is 1. The number of hydrogen-bond acceptors (Lipinski definition) is 1. The first-order valence-electron chi connectivity index (χ1n) is 4.27. The Kier molecular flexibility index (Phi) is 1.81. The third kappa shape index (κ3) is 1.43. The van der Waals surface area contributed by atoms with Crippen LogP contribution in [0.25, 0.3) is 5.69 Å². The van der Waals surface area contributed by atoms with Crippen molar-refractivity contribution in [3.63, 3.8) is 0 Å². The molecule has 0 radical (unpaired) electrons. The summed E-state index contributed by atoms with van der Waals surface area (Å²) in [7, 11) is 0. The average molecular weight is 172 g/mol. The van der Waals surface area contributed by atoms with Gasteiger partial charge >= 0.3 is 0 Å². The summed E-state index contributed by atoms with van der Waals surface area (Å²) in [6, 6.07) is 9.94. The van der Waals surface area contributed by atoms with Gasteiger partial charge in [0.1, 0.15) is 0 Å². The molecule has 2 aromatic rings. The molecule has 0 amide bonds. The second-order valence-electron chi connectivity index (χ2n) is 3.14. The Labute approximate surface area is 77.6 Å². The van der Waals surface area contributed by atoms with Crippen LogP contribution in [0.1, 0.15) is 5.56 Å². The van der Waals surface area contributed by atoms with E-state index in [-0.39, 0.29) is 0 Å². The third-order valence-corrected chi connectivity index (χ3v) is 2.12. The van der Waals surface area contributed by atoms with E-state index in [0.717, 1.165) is 11.4 Å². The van der Waals surface area contributed by atoms with E-state index >= 15 is 0 Å². The highest BCUT2D eigenvalue weighted by molar-refractivity contribution is 5.52. The van der Waals surface area contributed by atoms with Crippen LogP contribution < -0.4 is 5.73 Å². The molecular formula is C11H12N2. The fourth-order valence-corrected chi connectivity index (χ4v) is 1.40. The number of nitrogens with two attached hydrogens (primary N) is 1. The number of aromatic nitrogens is 1. The van der Waals surface area contributed by atoms with E-state index < -0.39 is 0 Å². The lowest BCUT2D eigenvalue weighted by atomic mass is 10.2. The van der Waals surface area contributed by atoms with Gasteiger partial charge in [-0.1, -0.05) is 6.07 Å². The Morgan fingerprint density at radius 3 is 2.54 bits per heavy atom. The largest absolute Gasteiger partial charge is 0.399 e. The smallest absolute Gasteiger partial charge is 0.0498 e. The van der Waals surface area contributed by atoms with E-state index in [2.05, 4.69) is 11.5 Å². The zero-order chi connectivity index (χ0) is 9.26. The first-order valence-corrected chi connectivity index (χ1v) is 4.27. The summed E-state index contributed by atoms with van der Waals surface area (Å²) in [5.41, 5.74) is 8.89. The van der Waals surface area contributed by atoms with Crippen LogP contribution in [0.15, 0.2) is 42.7 Å². The summed E-state index contributed by atoms with van der Waals surface area (Å²) in [6.07, 6.45) is 4.03. The first-order chi connectivity index (χ1) is 6.27. The van der Waals surface area contributed by atoms with Crippen molar-refractivity contribution in [2.45, 2.75) is 6.92 Å². The molecule has 66 valence electrons. The van der Waals surface area contributed by atoms with Crippen LogP contribution in [-0.2, 0) is 0 Å². The van der Waals surface area contributed by atoms with Crippen molar-refractivity contribution >= 4 is 5.69 Å². The number of nitrogens with zero attached hydrogens (tertiary/aromatic N) is 1. The van der Waals surface area contributed by atoms with Crippen molar-refractivity contribution < 1.29 is 0 Å².